The van der Waals surface area contributed by atoms with E-state index in [9.17, 15) is 0 Å². The molecule has 0 aliphatic rings. The van der Waals surface area contributed by atoms with Crippen molar-refractivity contribution < 1.29 is 0 Å². The maximum atomic E-state index is 4.12. The van der Waals surface area contributed by atoms with Gasteiger partial charge in [-0.15, -0.1) is 0 Å². The molecule has 0 radical (unpaired) electrons. The Morgan fingerprint density at radius 1 is 1.44 bits per heavy atom. The Balaban J connectivity index is 2.45. The Morgan fingerprint density at radius 2 is 2.19 bits per heavy atom. The number of allylic oxidation sites excluding steroid dienone is 1. The molecule has 0 aliphatic heterocycles. The quantitative estimate of drug-likeness (QED) is 0.593. The lowest BCUT2D eigenvalue weighted by Gasteiger charge is -2.18. The third-order valence-electron chi connectivity index (χ3n) is 2.51. The fourth-order valence-corrected chi connectivity index (χ4v) is 1.67. The van der Waals surface area contributed by atoms with Gasteiger partial charge in [0.2, 0.25) is 0 Å². The van der Waals surface area contributed by atoms with Crippen molar-refractivity contribution in [1.82, 2.24) is 15.5 Å². The number of nitrogens with zero attached hydrogens (tertiary/aromatic N) is 1. The van der Waals surface area contributed by atoms with E-state index in [4.69, 9.17) is 0 Å². The minimum absolute atomic E-state index is 0.136. The van der Waals surface area contributed by atoms with Crippen LogP contribution in [0.2, 0.25) is 0 Å². The van der Waals surface area contributed by atoms with E-state index in [0.29, 0.717) is 0 Å². The molecule has 1 rings (SSSR count). The van der Waals surface area contributed by atoms with Crippen LogP contribution >= 0.6 is 0 Å². The Morgan fingerprint density at radius 3 is 2.81 bits per heavy atom. The van der Waals surface area contributed by atoms with Gasteiger partial charge in [0.15, 0.2) is 0 Å². The molecular weight excluding hydrogens is 198 g/mol. The van der Waals surface area contributed by atoms with Crippen LogP contribution in [0.4, 0.5) is 0 Å². The van der Waals surface area contributed by atoms with Gasteiger partial charge in [0.05, 0.1) is 6.20 Å². The van der Waals surface area contributed by atoms with Gasteiger partial charge in [-0.2, -0.15) is 5.10 Å². The van der Waals surface area contributed by atoms with Crippen molar-refractivity contribution >= 4 is 0 Å². The molecule has 0 spiro atoms. The third kappa shape index (κ3) is 3.81. The maximum Gasteiger partial charge on any atom is 0.0535 e. The lowest BCUT2D eigenvalue weighted by Crippen LogP contribution is -2.19. The molecule has 0 saturated heterocycles. The van der Waals surface area contributed by atoms with Crippen LogP contribution in [0.1, 0.15) is 45.4 Å². The molecule has 0 fully saturated rings. The lowest BCUT2D eigenvalue weighted by atomic mass is 9.89. The van der Waals surface area contributed by atoms with Crippen LogP contribution in [0, 0.1) is 0 Å². The first kappa shape index (κ1) is 13.0. The van der Waals surface area contributed by atoms with Crippen molar-refractivity contribution in [3.8, 4) is 0 Å². The SMILES string of the molecule is C/C=C/CCNCc1cn[nH]c1C(C)(C)C. The summed E-state index contributed by atoms with van der Waals surface area (Å²) in [6.45, 7) is 10.5. The fourth-order valence-electron chi connectivity index (χ4n) is 1.67. The van der Waals surface area contributed by atoms with Crippen molar-refractivity contribution in [3.63, 3.8) is 0 Å². The number of aromatic nitrogens is 2. The summed E-state index contributed by atoms with van der Waals surface area (Å²) in [7, 11) is 0. The van der Waals surface area contributed by atoms with Gasteiger partial charge < -0.3 is 5.32 Å². The van der Waals surface area contributed by atoms with Gasteiger partial charge in [0, 0.05) is 23.2 Å². The highest BCUT2D eigenvalue weighted by molar-refractivity contribution is 5.23. The number of hydrogen-bond donors (Lipinski definition) is 2. The summed E-state index contributed by atoms with van der Waals surface area (Å²) >= 11 is 0. The Bertz CT molecular complexity index is 331. The van der Waals surface area contributed by atoms with Gasteiger partial charge in [-0.25, -0.2) is 0 Å². The van der Waals surface area contributed by atoms with E-state index in [2.05, 4.69) is 48.4 Å². The molecule has 1 heterocycles. The monoisotopic (exact) mass is 221 g/mol. The second kappa shape index (κ2) is 5.85. The topological polar surface area (TPSA) is 40.7 Å². The van der Waals surface area contributed by atoms with E-state index in [1.807, 2.05) is 13.1 Å². The zero-order chi connectivity index (χ0) is 12.0. The van der Waals surface area contributed by atoms with Crippen molar-refractivity contribution in [3.05, 3.63) is 29.6 Å². The number of H-pyrrole nitrogens is 1. The molecule has 1 aromatic heterocycles. The molecule has 0 unspecified atom stereocenters. The summed E-state index contributed by atoms with van der Waals surface area (Å²) in [4.78, 5) is 0. The molecule has 90 valence electrons. The first-order valence-electron chi connectivity index (χ1n) is 5.90. The van der Waals surface area contributed by atoms with Crippen LogP contribution in [-0.4, -0.2) is 16.7 Å². The van der Waals surface area contributed by atoms with Gasteiger partial charge >= 0.3 is 0 Å². The largest absolute Gasteiger partial charge is 0.312 e. The van der Waals surface area contributed by atoms with Crippen LogP contribution in [0.15, 0.2) is 18.3 Å². The minimum Gasteiger partial charge on any atom is -0.312 e. The highest BCUT2D eigenvalue weighted by Gasteiger charge is 2.19. The predicted octanol–water partition coefficient (Wildman–Crippen LogP) is 2.76. The van der Waals surface area contributed by atoms with Crippen LogP contribution in [0.5, 0.6) is 0 Å². The normalized spacial score (nSPS) is 12.5. The second-order valence-corrected chi connectivity index (χ2v) is 5.05. The average molecular weight is 221 g/mol. The number of hydrogen-bond acceptors (Lipinski definition) is 2. The molecule has 2 N–H and O–H groups in total. The predicted molar refractivity (Wildman–Crippen MR) is 68.4 cm³/mol. The Labute approximate surface area is 98.3 Å². The van der Waals surface area contributed by atoms with E-state index in [-0.39, 0.29) is 5.41 Å². The summed E-state index contributed by atoms with van der Waals surface area (Å²) in [5.74, 6) is 0. The van der Waals surface area contributed by atoms with Crippen LogP contribution in [0.25, 0.3) is 0 Å². The standard InChI is InChI=1S/C13H23N3/c1-5-6-7-8-14-9-11-10-15-16-12(11)13(2,3)4/h5-6,10,14H,7-9H2,1-4H3,(H,15,16)/b6-5+. The highest BCUT2D eigenvalue weighted by Crippen LogP contribution is 2.22. The molecule has 0 atom stereocenters. The third-order valence-corrected chi connectivity index (χ3v) is 2.51. The van der Waals surface area contributed by atoms with Gasteiger partial charge in [-0.1, -0.05) is 32.9 Å². The van der Waals surface area contributed by atoms with Crippen molar-refractivity contribution in [2.45, 2.75) is 46.1 Å². The van der Waals surface area contributed by atoms with Crippen molar-refractivity contribution in [2.24, 2.45) is 0 Å². The number of aromatic amines is 1. The summed E-state index contributed by atoms with van der Waals surface area (Å²) in [5, 5.41) is 10.6. The molecule has 1 aromatic rings. The smallest absolute Gasteiger partial charge is 0.0535 e. The summed E-state index contributed by atoms with van der Waals surface area (Å²) < 4.78 is 0. The summed E-state index contributed by atoms with van der Waals surface area (Å²) in [5.41, 5.74) is 2.63. The van der Waals surface area contributed by atoms with Crippen LogP contribution in [0.3, 0.4) is 0 Å². The molecule has 3 heteroatoms. The summed E-state index contributed by atoms with van der Waals surface area (Å²) in [6, 6.07) is 0. The number of nitrogens with one attached hydrogen (secondary N) is 2. The first-order valence-corrected chi connectivity index (χ1v) is 5.90. The Kier molecular flexibility index (Phi) is 4.74. The second-order valence-electron chi connectivity index (χ2n) is 5.05. The van der Waals surface area contributed by atoms with E-state index >= 15 is 0 Å². The molecule has 0 amide bonds. The van der Waals surface area contributed by atoms with Crippen LogP contribution < -0.4 is 5.32 Å². The highest BCUT2D eigenvalue weighted by atomic mass is 15.1. The van der Waals surface area contributed by atoms with E-state index in [1.54, 1.807) is 0 Å². The van der Waals surface area contributed by atoms with E-state index in [0.717, 1.165) is 19.5 Å². The lowest BCUT2D eigenvalue weighted by molar-refractivity contribution is 0.554. The first-order chi connectivity index (χ1) is 7.55. The molecule has 0 bridgehead atoms. The molecular formula is C13H23N3. The zero-order valence-electron chi connectivity index (χ0n) is 10.8. The molecule has 0 aromatic carbocycles. The van der Waals surface area contributed by atoms with Gasteiger partial charge in [0.25, 0.3) is 0 Å². The Hall–Kier alpha value is -1.09. The minimum atomic E-state index is 0.136. The van der Waals surface area contributed by atoms with E-state index < -0.39 is 0 Å². The van der Waals surface area contributed by atoms with E-state index in [1.165, 1.54) is 11.3 Å². The average Bonchev–Trinajstić information content (AvgIpc) is 2.65. The maximum absolute atomic E-state index is 4.12. The summed E-state index contributed by atoms with van der Waals surface area (Å²) in [6.07, 6.45) is 7.26. The molecule has 16 heavy (non-hydrogen) atoms. The van der Waals surface area contributed by atoms with Crippen LogP contribution in [-0.2, 0) is 12.0 Å². The van der Waals surface area contributed by atoms with Crippen molar-refractivity contribution in [1.29, 1.82) is 0 Å². The number of rotatable bonds is 5. The van der Waals surface area contributed by atoms with Gasteiger partial charge in [-0.05, 0) is 19.9 Å². The molecule has 0 aliphatic carbocycles. The van der Waals surface area contributed by atoms with Gasteiger partial charge in [-0.3, -0.25) is 5.10 Å². The van der Waals surface area contributed by atoms with Crippen molar-refractivity contribution in [2.75, 3.05) is 6.54 Å². The molecule has 3 nitrogen and oxygen atoms in total. The fraction of sp³-hybridized carbons (Fsp3) is 0.615. The molecule has 0 saturated carbocycles. The van der Waals surface area contributed by atoms with Gasteiger partial charge in [0.1, 0.15) is 0 Å². The zero-order valence-corrected chi connectivity index (χ0v) is 10.8.